The molecule has 0 fully saturated rings. The molecule has 1 heterocycles. The Bertz CT molecular complexity index is 319. The van der Waals surface area contributed by atoms with Gasteiger partial charge in [-0.3, -0.25) is 9.89 Å². The SMILES string of the molecule is O=C(O)CC1CCCc2cn[nH]c21. The van der Waals surface area contributed by atoms with Crippen molar-refractivity contribution >= 4 is 5.97 Å². The Kier molecular flexibility index (Phi) is 2.04. The quantitative estimate of drug-likeness (QED) is 0.721. The van der Waals surface area contributed by atoms with Crippen molar-refractivity contribution in [3.8, 4) is 0 Å². The van der Waals surface area contributed by atoms with Crippen LogP contribution in [0.4, 0.5) is 0 Å². The summed E-state index contributed by atoms with van der Waals surface area (Å²) in [6.07, 6.45) is 5.09. The number of carbonyl (C=O) groups is 1. The molecule has 0 saturated carbocycles. The summed E-state index contributed by atoms with van der Waals surface area (Å²) < 4.78 is 0. The van der Waals surface area contributed by atoms with E-state index in [4.69, 9.17) is 5.11 Å². The molecule has 1 aliphatic rings. The van der Waals surface area contributed by atoms with Crippen LogP contribution in [-0.4, -0.2) is 21.3 Å². The van der Waals surface area contributed by atoms with Crippen molar-refractivity contribution in [2.24, 2.45) is 0 Å². The van der Waals surface area contributed by atoms with Gasteiger partial charge in [0.25, 0.3) is 0 Å². The summed E-state index contributed by atoms with van der Waals surface area (Å²) in [7, 11) is 0. The van der Waals surface area contributed by atoms with Gasteiger partial charge in [-0.15, -0.1) is 0 Å². The molecule has 0 saturated heterocycles. The summed E-state index contributed by atoms with van der Waals surface area (Å²) >= 11 is 0. The van der Waals surface area contributed by atoms with Crippen molar-refractivity contribution in [3.05, 3.63) is 17.5 Å². The Morgan fingerprint density at radius 1 is 1.77 bits per heavy atom. The molecule has 0 radical (unpaired) electrons. The third kappa shape index (κ3) is 1.56. The molecule has 1 aliphatic carbocycles. The summed E-state index contributed by atoms with van der Waals surface area (Å²) in [6, 6.07) is 0. The minimum absolute atomic E-state index is 0.142. The van der Waals surface area contributed by atoms with Crippen LogP contribution in [0.25, 0.3) is 0 Å². The summed E-state index contributed by atoms with van der Waals surface area (Å²) in [5, 5.41) is 15.5. The number of carboxylic acids is 1. The fourth-order valence-electron chi connectivity index (χ4n) is 1.97. The lowest BCUT2D eigenvalue weighted by Gasteiger charge is -2.19. The van der Waals surface area contributed by atoms with Crippen LogP contribution >= 0.6 is 0 Å². The van der Waals surface area contributed by atoms with Crippen LogP contribution in [0.1, 0.15) is 36.4 Å². The van der Waals surface area contributed by atoms with Crippen LogP contribution < -0.4 is 0 Å². The van der Waals surface area contributed by atoms with Gasteiger partial charge >= 0.3 is 5.97 Å². The summed E-state index contributed by atoms with van der Waals surface area (Å²) in [6.45, 7) is 0. The average Bonchev–Trinajstić information content (AvgIpc) is 2.51. The molecule has 13 heavy (non-hydrogen) atoms. The zero-order valence-electron chi connectivity index (χ0n) is 7.29. The largest absolute Gasteiger partial charge is 0.481 e. The Labute approximate surface area is 76.0 Å². The first-order valence-corrected chi connectivity index (χ1v) is 4.51. The summed E-state index contributed by atoms with van der Waals surface area (Å²) in [5.74, 6) is -0.587. The van der Waals surface area contributed by atoms with E-state index in [1.807, 2.05) is 6.20 Å². The zero-order valence-corrected chi connectivity index (χ0v) is 7.29. The lowest BCUT2D eigenvalue weighted by molar-refractivity contribution is -0.137. The van der Waals surface area contributed by atoms with Crippen molar-refractivity contribution in [1.29, 1.82) is 0 Å². The van der Waals surface area contributed by atoms with E-state index in [0.29, 0.717) is 0 Å². The second kappa shape index (κ2) is 3.20. The molecule has 1 aromatic heterocycles. The topological polar surface area (TPSA) is 66.0 Å². The van der Waals surface area contributed by atoms with Gasteiger partial charge in [-0.1, -0.05) is 0 Å². The van der Waals surface area contributed by atoms with Crippen LogP contribution in [0.5, 0.6) is 0 Å². The number of aromatic nitrogens is 2. The second-order valence-electron chi connectivity index (χ2n) is 3.50. The van der Waals surface area contributed by atoms with Gasteiger partial charge in [0, 0.05) is 11.6 Å². The Morgan fingerprint density at radius 2 is 2.62 bits per heavy atom. The van der Waals surface area contributed by atoms with E-state index in [1.165, 1.54) is 5.56 Å². The lowest BCUT2D eigenvalue weighted by Crippen LogP contribution is -2.12. The number of rotatable bonds is 2. The molecule has 0 aliphatic heterocycles. The van der Waals surface area contributed by atoms with Crippen LogP contribution in [0.2, 0.25) is 0 Å². The Hall–Kier alpha value is -1.32. The monoisotopic (exact) mass is 180 g/mol. The predicted molar refractivity (Wildman–Crippen MR) is 46.5 cm³/mol. The number of aryl methyl sites for hydroxylation is 1. The third-order valence-corrected chi connectivity index (χ3v) is 2.58. The molecular formula is C9H12N2O2. The van der Waals surface area contributed by atoms with Crippen molar-refractivity contribution in [1.82, 2.24) is 10.2 Å². The minimum Gasteiger partial charge on any atom is -0.481 e. The maximum absolute atomic E-state index is 10.6. The molecule has 0 amide bonds. The number of fused-ring (bicyclic) bond motifs is 1. The van der Waals surface area contributed by atoms with Crippen LogP contribution in [0.3, 0.4) is 0 Å². The standard InChI is InChI=1S/C9H12N2O2/c12-8(13)4-6-2-1-3-7-5-10-11-9(6)7/h5-6H,1-4H2,(H,10,11)(H,12,13). The van der Waals surface area contributed by atoms with E-state index >= 15 is 0 Å². The molecule has 2 rings (SSSR count). The highest BCUT2D eigenvalue weighted by atomic mass is 16.4. The molecular weight excluding hydrogens is 168 g/mol. The number of nitrogens with zero attached hydrogens (tertiary/aromatic N) is 1. The number of aromatic amines is 1. The maximum Gasteiger partial charge on any atom is 0.304 e. The first-order chi connectivity index (χ1) is 6.27. The molecule has 1 unspecified atom stereocenters. The smallest absolute Gasteiger partial charge is 0.304 e. The number of carboxylic acid groups (broad SMARTS) is 1. The molecule has 4 nitrogen and oxygen atoms in total. The first kappa shape index (κ1) is 8.29. The predicted octanol–water partition coefficient (Wildman–Crippen LogP) is 1.30. The van der Waals surface area contributed by atoms with Gasteiger partial charge in [-0.05, 0) is 24.8 Å². The van der Waals surface area contributed by atoms with Gasteiger partial charge in [0.2, 0.25) is 0 Å². The van der Waals surface area contributed by atoms with Crippen LogP contribution in [-0.2, 0) is 11.2 Å². The highest BCUT2D eigenvalue weighted by molar-refractivity contribution is 5.68. The Morgan fingerprint density at radius 3 is 3.38 bits per heavy atom. The minimum atomic E-state index is -0.729. The van der Waals surface area contributed by atoms with E-state index in [-0.39, 0.29) is 12.3 Å². The molecule has 0 bridgehead atoms. The first-order valence-electron chi connectivity index (χ1n) is 4.51. The van der Waals surface area contributed by atoms with Crippen molar-refractivity contribution < 1.29 is 9.90 Å². The number of nitrogens with one attached hydrogen (secondary N) is 1. The highest BCUT2D eigenvalue weighted by Crippen LogP contribution is 2.31. The van der Waals surface area contributed by atoms with E-state index in [1.54, 1.807) is 0 Å². The average molecular weight is 180 g/mol. The van der Waals surface area contributed by atoms with E-state index in [9.17, 15) is 4.79 Å². The number of hydrogen-bond donors (Lipinski definition) is 2. The second-order valence-corrected chi connectivity index (χ2v) is 3.50. The Balaban J connectivity index is 2.20. The van der Waals surface area contributed by atoms with Gasteiger partial charge in [0.05, 0.1) is 12.6 Å². The molecule has 4 heteroatoms. The molecule has 1 atom stereocenters. The van der Waals surface area contributed by atoms with Crippen molar-refractivity contribution in [3.63, 3.8) is 0 Å². The number of H-pyrrole nitrogens is 1. The van der Waals surface area contributed by atoms with Gasteiger partial charge in [0.1, 0.15) is 0 Å². The van der Waals surface area contributed by atoms with Gasteiger partial charge in [0.15, 0.2) is 0 Å². The fourth-order valence-corrected chi connectivity index (χ4v) is 1.97. The highest BCUT2D eigenvalue weighted by Gasteiger charge is 2.23. The van der Waals surface area contributed by atoms with Gasteiger partial charge in [-0.25, -0.2) is 0 Å². The van der Waals surface area contributed by atoms with Crippen molar-refractivity contribution in [2.75, 3.05) is 0 Å². The molecule has 70 valence electrons. The van der Waals surface area contributed by atoms with Crippen LogP contribution in [0.15, 0.2) is 6.20 Å². The van der Waals surface area contributed by atoms with Crippen LogP contribution in [0, 0.1) is 0 Å². The normalized spacial score (nSPS) is 21.1. The van der Waals surface area contributed by atoms with Gasteiger partial charge in [-0.2, -0.15) is 5.10 Å². The molecule has 2 N–H and O–H groups in total. The fraction of sp³-hybridized carbons (Fsp3) is 0.556. The summed E-state index contributed by atoms with van der Waals surface area (Å²) in [4.78, 5) is 10.6. The number of hydrogen-bond acceptors (Lipinski definition) is 2. The maximum atomic E-state index is 10.6. The summed E-state index contributed by atoms with van der Waals surface area (Å²) in [5.41, 5.74) is 2.23. The lowest BCUT2D eigenvalue weighted by atomic mass is 9.86. The van der Waals surface area contributed by atoms with Gasteiger partial charge < -0.3 is 5.11 Å². The van der Waals surface area contributed by atoms with E-state index < -0.39 is 5.97 Å². The molecule has 0 spiro atoms. The molecule has 0 aromatic carbocycles. The molecule has 1 aromatic rings. The number of aliphatic carboxylic acids is 1. The van der Waals surface area contributed by atoms with Crippen molar-refractivity contribution in [2.45, 2.75) is 31.6 Å². The third-order valence-electron chi connectivity index (χ3n) is 2.58. The van der Waals surface area contributed by atoms with E-state index in [0.717, 1.165) is 25.0 Å². The zero-order chi connectivity index (χ0) is 9.26. The van der Waals surface area contributed by atoms with E-state index in [2.05, 4.69) is 10.2 Å².